The van der Waals surface area contributed by atoms with Gasteiger partial charge in [-0.25, -0.2) is 4.79 Å². The van der Waals surface area contributed by atoms with E-state index in [2.05, 4.69) is 6.08 Å². The number of aliphatic hydroxyl groups is 1. The van der Waals surface area contributed by atoms with Crippen molar-refractivity contribution >= 4 is 5.97 Å². The van der Waals surface area contributed by atoms with Gasteiger partial charge in [-0.3, -0.25) is 0 Å². The summed E-state index contributed by atoms with van der Waals surface area (Å²) in [6.07, 6.45) is 7.11. The Kier molecular flexibility index (Phi) is 3.10. The van der Waals surface area contributed by atoms with E-state index in [0.717, 1.165) is 19.3 Å². The predicted molar refractivity (Wildman–Crippen MR) is 57.1 cm³/mol. The zero-order chi connectivity index (χ0) is 11.5. The van der Waals surface area contributed by atoms with Crippen molar-refractivity contribution in [2.45, 2.75) is 25.4 Å². The van der Waals surface area contributed by atoms with Crippen LogP contribution in [0.25, 0.3) is 0 Å². The number of furan rings is 1. The Bertz CT molecular complexity index is 405. The molecule has 1 aromatic heterocycles. The number of carboxylic acids is 1. The molecule has 0 radical (unpaired) electrons. The van der Waals surface area contributed by atoms with Crippen LogP contribution in [0.4, 0.5) is 0 Å². The molecule has 2 N–H and O–H groups in total. The zero-order valence-electron chi connectivity index (χ0n) is 8.80. The van der Waals surface area contributed by atoms with E-state index < -0.39 is 12.1 Å². The lowest BCUT2D eigenvalue weighted by molar-refractivity contribution is 0.0637. The highest BCUT2D eigenvalue weighted by molar-refractivity contribution is 5.88. The maximum absolute atomic E-state index is 10.9. The smallest absolute Gasteiger partial charge is 0.339 e. The molecule has 16 heavy (non-hydrogen) atoms. The number of hydrogen-bond donors (Lipinski definition) is 2. The van der Waals surface area contributed by atoms with Crippen molar-refractivity contribution in [2.75, 3.05) is 0 Å². The quantitative estimate of drug-likeness (QED) is 0.770. The molecule has 0 fully saturated rings. The van der Waals surface area contributed by atoms with Crippen LogP contribution in [0.2, 0.25) is 0 Å². The molecule has 1 aliphatic rings. The highest BCUT2D eigenvalue weighted by Gasteiger charge is 2.27. The van der Waals surface area contributed by atoms with E-state index >= 15 is 0 Å². The average Bonchev–Trinajstić information content (AvgIpc) is 2.78. The summed E-state index contributed by atoms with van der Waals surface area (Å²) in [6.45, 7) is 0. The van der Waals surface area contributed by atoms with Gasteiger partial charge in [0.15, 0.2) is 0 Å². The molecule has 0 aliphatic heterocycles. The molecule has 86 valence electrons. The number of carboxylic acid groups (broad SMARTS) is 1. The minimum atomic E-state index is -1.06. The molecule has 2 unspecified atom stereocenters. The van der Waals surface area contributed by atoms with Crippen LogP contribution < -0.4 is 0 Å². The second-order valence-corrected chi connectivity index (χ2v) is 3.99. The maximum atomic E-state index is 10.9. The SMILES string of the molecule is O=C(O)c1ccoc1C(O)C1CC=CCC1. The Hall–Kier alpha value is -1.55. The minimum absolute atomic E-state index is 0.0502. The standard InChI is InChI=1S/C12H14O4/c13-10(8-4-2-1-3-5-8)11-9(12(14)15)6-7-16-11/h1-2,6-8,10,13H,3-5H2,(H,14,15). The highest BCUT2D eigenvalue weighted by atomic mass is 16.4. The van der Waals surface area contributed by atoms with Crippen molar-refractivity contribution in [2.24, 2.45) is 5.92 Å². The van der Waals surface area contributed by atoms with Crippen LogP contribution >= 0.6 is 0 Å². The second kappa shape index (κ2) is 4.53. The summed E-state index contributed by atoms with van der Waals surface area (Å²) in [6, 6.07) is 1.37. The number of hydrogen-bond acceptors (Lipinski definition) is 3. The van der Waals surface area contributed by atoms with E-state index in [0.29, 0.717) is 0 Å². The van der Waals surface area contributed by atoms with Gasteiger partial charge in [-0.1, -0.05) is 12.2 Å². The Morgan fingerprint density at radius 2 is 2.31 bits per heavy atom. The van der Waals surface area contributed by atoms with Gasteiger partial charge in [0.1, 0.15) is 17.4 Å². The van der Waals surface area contributed by atoms with Crippen LogP contribution in [-0.4, -0.2) is 16.2 Å². The highest BCUT2D eigenvalue weighted by Crippen LogP contribution is 2.33. The third-order valence-electron chi connectivity index (χ3n) is 2.95. The van der Waals surface area contributed by atoms with Crippen molar-refractivity contribution in [1.82, 2.24) is 0 Å². The van der Waals surface area contributed by atoms with Gasteiger partial charge in [-0.05, 0) is 31.2 Å². The van der Waals surface area contributed by atoms with Crippen LogP contribution in [0.5, 0.6) is 0 Å². The van der Waals surface area contributed by atoms with Gasteiger partial charge in [0, 0.05) is 0 Å². The van der Waals surface area contributed by atoms with Gasteiger partial charge in [0.05, 0.1) is 6.26 Å². The molecule has 0 saturated heterocycles. The molecule has 0 spiro atoms. The van der Waals surface area contributed by atoms with Gasteiger partial charge in [-0.15, -0.1) is 0 Å². The van der Waals surface area contributed by atoms with Gasteiger partial charge in [-0.2, -0.15) is 0 Å². The Balaban J connectivity index is 2.19. The Morgan fingerprint density at radius 1 is 1.50 bits per heavy atom. The topological polar surface area (TPSA) is 70.7 Å². The number of allylic oxidation sites excluding steroid dienone is 2. The third-order valence-corrected chi connectivity index (χ3v) is 2.95. The van der Waals surface area contributed by atoms with E-state index in [1.165, 1.54) is 12.3 Å². The summed E-state index contributed by atoms with van der Waals surface area (Å²) >= 11 is 0. The summed E-state index contributed by atoms with van der Waals surface area (Å²) in [7, 11) is 0. The van der Waals surface area contributed by atoms with Crippen molar-refractivity contribution in [3.8, 4) is 0 Å². The van der Waals surface area contributed by atoms with Crippen LogP contribution in [0.15, 0.2) is 28.9 Å². The van der Waals surface area contributed by atoms with Gasteiger partial charge in [0.2, 0.25) is 0 Å². The normalized spacial score (nSPS) is 21.9. The van der Waals surface area contributed by atoms with Gasteiger partial charge >= 0.3 is 5.97 Å². The van der Waals surface area contributed by atoms with Gasteiger partial charge < -0.3 is 14.6 Å². The first kappa shape index (κ1) is 11.0. The fourth-order valence-corrected chi connectivity index (χ4v) is 2.04. The zero-order valence-corrected chi connectivity index (χ0v) is 8.80. The van der Waals surface area contributed by atoms with Crippen molar-refractivity contribution < 1.29 is 19.4 Å². The van der Waals surface area contributed by atoms with E-state index in [1.54, 1.807) is 0 Å². The fourth-order valence-electron chi connectivity index (χ4n) is 2.04. The summed E-state index contributed by atoms with van der Waals surface area (Å²) in [4.78, 5) is 10.9. The summed E-state index contributed by atoms with van der Waals surface area (Å²) in [5, 5.41) is 19.0. The molecule has 1 aliphatic carbocycles. The molecule has 0 aromatic carbocycles. The van der Waals surface area contributed by atoms with E-state index in [1.807, 2.05) is 6.08 Å². The van der Waals surface area contributed by atoms with E-state index in [-0.39, 0.29) is 17.2 Å². The lowest BCUT2D eigenvalue weighted by Gasteiger charge is -2.22. The first-order valence-corrected chi connectivity index (χ1v) is 5.34. The fraction of sp³-hybridized carbons (Fsp3) is 0.417. The largest absolute Gasteiger partial charge is 0.478 e. The van der Waals surface area contributed by atoms with E-state index in [9.17, 15) is 9.90 Å². The van der Waals surface area contributed by atoms with Crippen LogP contribution in [0.1, 0.15) is 41.5 Å². The van der Waals surface area contributed by atoms with E-state index in [4.69, 9.17) is 9.52 Å². The summed E-state index contributed by atoms with van der Waals surface area (Å²) < 4.78 is 5.09. The molecule has 4 heteroatoms. The summed E-state index contributed by atoms with van der Waals surface area (Å²) in [5.41, 5.74) is 0.0575. The maximum Gasteiger partial charge on any atom is 0.339 e. The number of aliphatic hydroxyl groups excluding tert-OH is 1. The molecule has 2 rings (SSSR count). The molecule has 0 bridgehead atoms. The molecule has 4 nitrogen and oxygen atoms in total. The molecule has 0 amide bonds. The molecular formula is C12H14O4. The van der Waals surface area contributed by atoms with Crippen molar-refractivity contribution in [1.29, 1.82) is 0 Å². The Labute approximate surface area is 93.2 Å². The van der Waals surface area contributed by atoms with Crippen molar-refractivity contribution in [3.63, 3.8) is 0 Å². The first-order valence-electron chi connectivity index (χ1n) is 5.34. The van der Waals surface area contributed by atoms with Crippen LogP contribution in [0, 0.1) is 5.92 Å². The number of aromatic carboxylic acids is 1. The number of carbonyl (C=O) groups is 1. The molecule has 0 saturated carbocycles. The lowest BCUT2D eigenvalue weighted by Crippen LogP contribution is -2.15. The first-order chi connectivity index (χ1) is 7.70. The monoisotopic (exact) mass is 222 g/mol. The predicted octanol–water partition coefficient (Wildman–Crippen LogP) is 2.37. The lowest BCUT2D eigenvalue weighted by atomic mass is 9.87. The summed E-state index contributed by atoms with van der Waals surface area (Å²) in [5.74, 6) is -0.837. The van der Waals surface area contributed by atoms with Crippen LogP contribution in [-0.2, 0) is 0 Å². The third kappa shape index (κ3) is 2.02. The average molecular weight is 222 g/mol. The molecule has 1 heterocycles. The van der Waals surface area contributed by atoms with Crippen molar-refractivity contribution in [3.05, 3.63) is 35.8 Å². The van der Waals surface area contributed by atoms with Crippen LogP contribution in [0.3, 0.4) is 0 Å². The molecule has 1 aromatic rings. The van der Waals surface area contributed by atoms with Gasteiger partial charge in [0.25, 0.3) is 0 Å². The molecule has 2 atom stereocenters. The second-order valence-electron chi connectivity index (χ2n) is 3.99. The molecular weight excluding hydrogens is 208 g/mol. The number of rotatable bonds is 3. The minimum Gasteiger partial charge on any atom is -0.478 e. The Morgan fingerprint density at radius 3 is 2.94 bits per heavy atom.